The van der Waals surface area contributed by atoms with Gasteiger partial charge < -0.3 is 4.74 Å². The topological polar surface area (TPSA) is 26.3 Å². The normalized spacial score (nSPS) is 11.1. The molecule has 0 aromatic heterocycles. The maximum absolute atomic E-state index is 12.1. The fourth-order valence-corrected chi connectivity index (χ4v) is 2.14. The molecule has 0 saturated heterocycles. The van der Waals surface area contributed by atoms with Crippen LogP contribution in [-0.2, 0) is 0 Å². The lowest BCUT2D eigenvalue weighted by Gasteiger charge is -2.04. The number of ether oxygens (including phenoxy) is 1. The Morgan fingerprint density at radius 3 is 2.23 bits per heavy atom. The molecule has 0 spiro atoms. The van der Waals surface area contributed by atoms with Crippen molar-refractivity contribution < 1.29 is 9.53 Å². The molecule has 0 unspecified atom stereocenters. The summed E-state index contributed by atoms with van der Waals surface area (Å²) >= 11 is 0. The minimum absolute atomic E-state index is 0.00372. The standard InChI is InChI=1S/C20H22O2/c1-4-22-19-12-10-18(11-13-19)20(21)14-7-16-5-8-17(9-6-16)15(2)3/h5-15H,4H2,1-3H3. The Hall–Kier alpha value is -2.35. The van der Waals surface area contributed by atoms with E-state index in [0.717, 1.165) is 11.3 Å². The SMILES string of the molecule is CCOc1ccc(C(=O)C=Cc2ccc(C(C)C)cc2)cc1. The molecule has 0 aliphatic heterocycles. The molecular weight excluding hydrogens is 272 g/mol. The lowest BCUT2D eigenvalue weighted by Crippen LogP contribution is -1.95. The van der Waals surface area contributed by atoms with Crippen LogP contribution in [0.5, 0.6) is 5.75 Å². The van der Waals surface area contributed by atoms with Crippen molar-refractivity contribution in [3.63, 3.8) is 0 Å². The van der Waals surface area contributed by atoms with Crippen LogP contribution < -0.4 is 4.74 Å². The molecule has 0 N–H and O–H groups in total. The highest BCUT2D eigenvalue weighted by molar-refractivity contribution is 6.06. The Balaban J connectivity index is 2.04. The average Bonchev–Trinajstić information content (AvgIpc) is 2.54. The molecule has 0 atom stereocenters. The van der Waals surface area contributed by atoms with Crippen molar-refractivity contribution in [2.75, 3.05) is 6.61 Å². The predicted octanol–water partition coefficient (Wildman–Crippen LogP) is 5.10. The van der Waals surface area contributed by atoms with Gasteiger partial charge in [-0.15, -0.1) is 0 Å². The zero-order valence-corrected chi connectivity index (χ0v) is 13.4. The van der Waals surface area contributed by atoms with Crippen molar-refractivity contribution >= 4 is 11.9 Å². The van der Waals surface area contributed by atoms with Gasteiger partial charge in [-0.05, 0) is 54.3 Å². The van der Waals surface area contributed by atoms with Crippen LogP contribution in [0.15, 0.2) is 54.6 Å². The first kappa shape index (κ1) is 16.0. The van der Waals surface area contributed by atoms with E-state index in [1.54, 1.807) is 18.2 Å². The van der Waals surface area contributed by atoms with Gasteiger partial charge in [-0.1, -0.05) is 44.2 Å². The molecular formula is C20H22O2. The van der Waals surface area contributed by atoms with E-state index in [1.807, 2.05) is 37.3 Å². The fourth-order valence-electron chi connectivity index (χ4n) is 2.14. The molecule has 0 aliphatic rings. The molecule has 2 aromatic rings. The largest absolute Gasteiger partial charge is 0.494 e. The molecule has 0 fully saturated rings. The minimum atomic E-state index is -0.00372. The summed E-state index contributed by atoms with van der Waals surface area (Å²) in [6, 6.07) is 15.5. The Labute approximate surface area is 132 Å². The lowest BCUT2D eigenvalue weighted by atomic mass is 10.0. The van der Waals surface area contributed by atoms with Crippen LogP contribution in [-0.4, -0.2) is 12.4 Å². The van der Waals surface area contributed by atoms with Gasteiger partial charge in [0.15, 0.2) is 5.78 Å². The third-order valence-electron chi connectivity index (χ3n) is 3.48. The first-order valence-corrected chi connectivity index (χ1v) is 7.65. The number of rotatable bonds is 6. The third kappa shape index (κ3) is 4.32. The number of hydrogen-bond donors (Lipinski definition) is 0. The van der Waals surface area contributed by atoms with Crippen LogP contribution in [0.1, 0.15) is 48.2 Å². The van der Waals surface area contributed by atoms with Crippen LogP contribution in [0, 0.1) is 0 Å². The summed E-state index contributed by atoms with van der Waals surface area (Å²) < 4.78 is 5.37. The Kier molecular flexibility index (Phi) is 5.54. The molecule has 0 aliphatic carbocycles. The highest BCUT2D eigenvalue weighted by Crippen LogP contribution is 2.16. The zero-order valence-electron chi connectivity index (χ0n) is 13.4. The van der Waals surface area contributed by atoms with Crippen LogP contribution in [0.2, 0.25) is 0 Å². The van der Waals surface area contributed by atoms with E-state index in [1.165, 1.54) is 5.56 Å². The Morgan fingerprint density at radius 2 is 1.68 bits per heavy atom. The van der Waals surface area contributed by atoms with Gasteiger partial charge >= 0.3 is 0 Å². The van der Waals surface area contributed by atoms with Crippen molar-refractivity contribution in [3.8, 4) is 5.75 Å². The molecule has 0 heterocycles. The van der Waals surface area contributed by atoms with Crippen molar-refractivity contribution in [2.24, 2.45) is 0 Å². The molecule has 2 rings (SSSR count). The average molecular weight is 294 g/mol. The smallest absolute Gasteiger partial charge is 0.185 e. The number of allylic oxidation sites excluding steroid dienone is 1. The molecule has 114 valence electrons. The number of ketones is 1. The van der Waals surface area contributed by atoms with Gasteiger partial charge in [0.2, 0.25) is 0 Å². The maximum atomic E-state index is 12.1. The van der Waals surface area contributed by atoms with E-state index in [2.05, 4.69) is 26.0 Å². The van der Waals surface area contributed by atoms with Gasteiger partial charge in [0.25, 0.3) is 0 Å². The van der Waals surface area contributed by atoms with E-state index >= 15 is 0 Å². The van der Waals surface area contributed by atoms with Crippen LogP contribution in [0.3, 0.4) is 0 Å². The molecule has 0 saturated carbocycles. The van der Waals surface area contributed by atoms with Gasteiger partial charge in [0.05, 0.1) is 6.61 Å². The van der Waals surface area contributed by atoms with E-state index in [9.17, 15) is 4.79 Å². The van der Waals surface area contributed by atoms with Gasteiger partial charge in [-0.2, -0.15) is 0 Å². The van der Waals surface area contributed by atoms with Crippen molar-refractivity contribution in [2.45, 2.75) is 26.7 Å². The summed E-state index contributed by atoms with van der Waals surface area (Å²) in [6.45, 7) is 6.90. The van der Waals surface area contributed by atoms with E-state index in [0.29, 0.717) is 18.1 Å². The van der Waals surface area contributed by atoms with E-state index in [4.69, 9.17) is 4.74 Å². The molecule has 2 nitrogen and oxygen atoms in total. The van der Waals surface area contributed by atoms with E-state index < -0.39 is 0 Å². The number of carbonyl (C=O) groups excluding carboxylic acids is 1. The summed E-state index contributed by atoms with van der Waals surface area (Å²) in [5.74, 6) is 1.30. The lowest BCUT2D eigenvalue weighted by molar-refractivity contribution is 0.104. The van der Waals surface area contributed by atoms with Crippen molar-refractivity contribution in [1.29, 1.82) is 0 Å². The highest BCUT2D eigenvalue weighted by Gasteiger charge is 2.02. The second-order valence-electron chi connectivity index (χ2n) is 5.48. The zero-order chi connectivity index (χ0) is 15.9. The van der Waals surface area contributed by atoms with Gasteiger partial charge in [0.1, 0.15) is 5.75 Å². The van der Waals surface area contributed by atoms with Gasteiger partial charge in [-0.25, -0.2) is 0 Å². The minimum Gasteiger partial charge on any atom is -0.494 e. The van der Waals surface area contributed by atoms with Crippen LogP contribution >= 0.6 is 0 Å². The van der Waals surface area contributed by atoms with Crippen molar-refractivity contribution in [1.82, 2.24) is 0 Å². The summed E-state index contributed by atoms with van der Waals surface area (Å²) in [4.78, 5) is 12.1. The first-order valence-electron chi connectivity index (χ1n) is 7.65. The van der Waals surface area contributed by atoms with E-state index in [-0.39, 0.29) is 5.78 Å². The number of benzene rings is 2. The summed E-state index contributed by atoms with van der Waals surface area (Å²) in [7, 11) is 0. The molecule has 0 amide bonds. The maximum Gasteiger partial charge on any atom is 0.185 e. The van der Waals surface area contributed by atoms with Gasteiger partial charge in [-0.3, -0.25) is 4.79 Å². The van der Waals surface area contributed by atoms with Crippen LogP contribution in [0.4, 0.5) is 0 Å². The molecule has 22 heavy (non-hydrogen) atoms. The molecule has 0 bridgehead atoms. The van der Waals surface area contributed by atoms with Crippen LogP contribution in [0.25, 0.3) is 6.08 Å². The summed E-state index contributed by atoms with van der Waals surface area (Å²) in [6.07, 6.45) is 3.46. The molecule has 0 radical (unpaired) electrons. The van der Waals surface area contributed by atoms with Gasteiger partial charge in [0, 0.05) is 5.56 Å². The third-order valence-corrected chi connectivity index (χ3v) is 3.48. The highest BCUT2D eigenvalue weighted by atomic mass is 16.5. The second kappa shape index (κ2) is 7.60. The Morgan fingerprint density at radius 1 is 1.05 bits per heavy atom. The number of hydrogen-bond acceptors (Lipinski definition) is 2. The predicted molar refractivity (Wildman–Crippen MR) is 91.5 cm³/mol. The molecule has 2 heteroatoms. The number of carbonyl (C=O) groups is 1. The quantitative estimate of drug-likeness (QED) is 0.547. The first-order chi connectivity index (χ1) is 10.6. The fraction of sp³-hybridized carbons (Fsp3) is 0.250. The second-order valence-corrected chi connectivity index (χ2v) is 5.48. The summed E-state index contributed by atoms with van der Waals surface area (Å²) in [5.41, 5.74) is 3.00. The summed E-state index contributed by atoms with van der Waals surface area (Å²) in [5, 5.41) is 0. The monoisotopic (exact) mass is 294 g/mol. The Bertz CT molecular complexity index is 634. The van der Waals surface area contributed by atoms with Crippen molar-refractivity contribution in [3.05, 3.63) is 71.3 Å². The molecule has 2 aromatic carbocycles.